The number of ether oxygens (including phenoxy) is 1. The molecule has 0 aliphatic carbocycles. The maximum Gasteiger partial charge on any atom is 0.294 e. The highest BCUT2D eigenvalue weighted by Crippen LogP contribution is 2.19. The Bertz CT molecular complexity index is 790. The predicted molar refractivity (Wildman–Crippen MR) is 82.9 cm³/mol. The minimum Gasteiger partial charge on any atom is -0.459 e. The lowest BCUT2D eigenvalue weighted by atomic mass is 10.3. The molecule has 0 aliphatic heterocycles. The van der Waals surface area contributed by atoms with Crippen LogP contribution in [0.1, 0.15) is 6.92 Å². The van der Waals surface area contributed by atoms with E-state index in [1.807, 2.05) is 0 Å². The summed E-state index contributed by atoms with van der Waals surface area (Å²) in [5.74, 6) is -0.911. The number of hydrogen-bond donors (Lipinski definition) is 0. The van der Waals surface area contributed by atoms with Crippen LogP contribution in [-0.4, -0.2) is 43.1 Å². The third-order valence-corrected chi connectivity index (χ3v) is 5.20. The number of hydrogen-bond acceptors (Lipinski definition) is 7. The summed E-state index contributed by atoms with van der Waals surface area (Å²) in [5.41, 5.74) is 0.506. The number of likely N-dealkylation sites (N-methyl/N-ethyl adjacent to an activating group) is 1. The fraction of sp³-hybridized carbons (Fsp3) is 0.308. The van der Waals surface area contributed by atoms with Crippen LogP contribution >= 0.6 is 11.5 Å². The van der Waals surface area contributed by atoms with E-state index in [1.54, 1.807) is 0 Å². The van der Waals surface area contributed by atoms with E-state index in [1.165, 1.54) is 43.1 Å². The van der Waals surface area contributed by atoms with E-state index in [0.717, 1.165) is 11.5 Å². The fourth-order valence-electron chi connectivity index (χ4n) is 1.54. The highest BCUT2D eigenvalue weighted by molar-refractivity contribution is 7.91. The molecule has 0 radical (unpaired) electrons. The van der Waals surface area contributed by atoms with Gasteiger partial charge >= 0.3 is 0 Å². The van der Waals surface area contributed by atoms with E-state index < -0.39 is 21.6 Å². The zero-order valence-electron chi connectivity index (χ0n) is 12.4. The molecule has 1 aromatic heterocycles. The van der Waals surface area contributed by atoms with Gasteiger partial charge in [-0.3, -0.25) is 4.79 Å². The Balaban J connectivity index is 1.98. The van der Waals surface area contributed by atoms with Crippen molar-refractivity contribution in [3.05, 3.63) is 30.1 Å². The van der Waals surface area contributed by atoms with Crippen LogP contribution in [0.15, 0.2) is 29.4 Å². The van der Waals surface area contributed by atoms with Crippen molar-refractivity contribution in [1.82, 2.24) is 9.36 Å². The average Bonchev–Trinajstić information content (AvgIpc) is 3.02. The second-order valence-electron chi connectivity index (χ2n) is 4.46. The Morgan fingerprint density at radius 1 is 1.35 bits per heavy atom. The summed E-state index contributed by atoms with van der Waals surface area (Å²) < 4.78 is 44.9. The summed E-state index contributed by atoms with van der Waals surface area (Å²) in [5, 5.41) is -0.308. The molecule has 23 heavy (non-hydrogen) atoms. The zero-order chi connectivity index (χ0) is 17.0. The number of nitrogens with zero attached hydrogens (tertiary/aromatic N) is 3. The van der Waals surface area contributed by atoms with Crippen LogP contribution in [0.3, 0.4) is 0 Å². The second-order valence-corrected chi connectivity index (χ2v) is 7.35. The van der Waals surface area contributed by atoms with Gasteiger partial charge in [0.05, 0.1) is 5.75 Å². The summed E-state index contributed by atoms with van der Waals surface area (Å²) in [7, 11) is -1.98. The van der Waals surface area contributed by atoms with Crippen molar-refractivity contribution in [2.24, 2.45) is 0 Å². The number of sulfone groups is 1. The number of carbonyl (C=O) groups excluding carboxylic acids is 1. The van der Waals surface area contributed by atoms with E-state index in [9.17, 15) is 17.6 Å². The lowest BCUT2D eigenvalue weighted by molar-refractivity contribution is -0.120. The summed E-state index contributed by atoms with van der Waals surface area (Å²) in [6, 6.07) is 5.41. The normalized spacial score (nSPS) is 11.3. The molecular formula is C13H14FN3O4S2. The van der Waals surface area contributed by atoms with E-state index >= 15 is 0 Å². The van der Waals surface area contributed by atoms with Crippen LogP contribution in [0.25, 0.3) is 0 Å². The van der Waals surface area contributed by atoms with Gasteiger partial charge in [0.25, 0.3) is 16.3 Å². The van der Waals surface area contributed by atoms with Crippen LogP contribution < -0.4 is 9.64 Å². The molecule has 10 heteroatoms. The SMILES string of the molecule is CCS(=O)(=O)c1nsc(OCC(=O)N(C)c2ccc(F)cc2)n1. The fourth-order valence-corrected chi connectivity index (χ4v) is 3.08. The molecule has 0 fully saturated rings. The van der Waals surface area contributed by atoms with Gasteiger partial charge in [0.15, 0.2) is 6.61 Å². The molecule has 7 nitrogen and oxygen atoms in total. The smallest absolute Gasteiger partial charge is 0.294 e. The number of halogens is 1. The number of rotatable bonds is 6. The van der Waals surface area contributed by atoms with Crippen molar-refractivity contribution in [3.8, 4) is 5.19 Å². The van der Waals surface area contributed by atoms with Gasteiger partial charge in [0, 0.05) is 24.3 Å². The molecule has 1 aromatic carbocycles. The molecule has 1 heterocycles. The summed E-state index contributed by atoms with van der Waals surface area (Å²) in [6.07, 6.45) is 0. The molecule has 0 N–H and O–H groups in total. The third kappa shape index (κ3) is 4.23. The zero-order valence-corrected chi connectivity index (χ0v) is 14.0. The standard InChI is InChI=1S/C13H14FN3O4S2/c1-3-23(19,20)12-15-13(22-16-12)21-8-11(18)17(2)10-6-4-9(14)5-7-10/h4-7H,3,8H2,1-2H3. The molecule has 0 bridgehead atoms. The number of carbonyl (C=O) groups is 1. The van der Waals surface area contributed by atoms with E-state index in [4.69, 9.17) is 4.74 Å². The first-order chi connectivity index (χ1) is 10.8. The summed E-state index contributed by atoms with van der Waals surface area (Å²) in [4.78, 5) is 17.0. The van der Waals surface area contributed by atoms with Gasteiger partial charge < -0.3 is 9.64 Å². The number of aromatic nitrogens is 2. The van der Waals surface area contributed by atoms with Crippen LogP contribution in [0.5, 0.6) is 5.19 Å². The van der Waals surface area contributed by atoms with Crippen LogP contribution in [0.4, 0.5) is 10.1 Å². The maximum absolute atomic E-state index is 12.9. The highest BCUT2D eigenvalue weighted by Gasteiger charge is 2.19. The molecule has 0 saturated carbocycles. The van der Waals surface area contributed by atoms with Crippen LogP contribution in [0, 0.1) is 5.82 Å². The van der Waals surface area contributed by atoms with Gasteiger partial charge in [-0.1, -0.05) is 6.92 Å². The van der Waals surface area contributed by atoms with Gasteiger partial charge in [-0.2, -0.15) is 9.36 Å². The monoisotopic (exact) mass is 359 g/mol. The first kappa shape index (κ1) is 17.3. The summed E-state index contributed by atoms with van der Waals surface area (Å²) in [6.45, 7) is 1.15. The predicted octanol–water partition coefficient (Wildman–Crippen LogP) is 1.51. The molecule has 0 spiro atoms. The minimum absolute atomic E-state index is 0.00196. The van der Waals surface area contributed by atoms with Crippen molar-refractivity contribution in [2.45, 2.75) is 12.1 Å². The Labute approximate surface area is 136 Å². The number of anilines is 1. The molecule has 124 valence electrons. The van der Waals surface area contributed by atoms with Crippen LogP contribution in [-0.2, 0) is 14.6 Å². The van der Waals surface area contributed by atoms with Crippen molar-refractivity contribution < 1.29 is 22.3 Å². The molecule has 0 atom stereocenters. The second kappa shape index (κ2) is 7.01. The number of benzene rings is 1. The van der Waals surface area contributed by atoms with Crippen molar-refractivity contribution in [1.29, 1.82) is 0 Å². The van der Waals surface area contributed by atoms with Crippen molar-refractivity contribution >= 4 is 33.0 Å². The van der Waals surface area contributed by atoms with Gasteiger partial charge in [-0.05, 0) is 24.3 Å². The first-order valence-corrected chi connectivity index (χ1v) is 8.97. The molecule has 0 unspecified atom stereocenters. The molecule has 0 aliphatic rings. The maximum atomic E-state index is 12.9. The van der Waals surface area contributed by atoms with E-state index in [0.29, 0.717) is 5.69 Å². The highest BCUT2D eigenvalue weighted by atomic mass is 32.2. The Hall–Kier alpha value is -2.07. The molecule has 0 saturated heterocycles. The Kier molecular flexibility index (Phi) is 5.26. The Morgan fingerprint density at radius 3 is 2.61 bits per heavy atom. The van der Waals surface area contributed by atoms with E-state index in [-0.39, 0.29) is 22.7 Å². The third-order valence-electron chi connectivity index (χ3n) is 2.95. The lowest BCUT2D eigenvalue weighted by Gasteiger charge is -2.16. The van der Waals surface area contributed by atoms with E-state index in [2.05, 4.69) is 9.36 Å². The molecular weight excluding hydrogens is 345 g/mol. The topological polar surface area (TPSA) is 89.5 Å². The van der Waals surface area contributed by atoms with Gasteiger partial charge in [-0.15, -0.1) is 0 Å². The Morgan fingerprint density at radius 2 is 2.00 bits per heavy atom. The molecule has 2 rings (SSSR count). The van der Waals surface area contributed by atoms with Crippen LogP contribution in [0.2, 0.25) is 0 Å². The van der Waals surface area contributed by atoms with Crippen molar-refractivity contribution in [3.63, 3.8) is 0 Å². The van der Waals surface area contributed by atoms with Gasteiger partial charge in [0.1, 0.15) is 5.82 Å². The average molecular weight is 359 g/mol. The number of amides is 1. The quantitative estimate of drug-likeness (QED) is 0.777. The largest absolute Gasteiger partial charge is 0.459 e. The summed E-state index contributed by atoms with van der Waals surface area (Å²) >= 11 is 0.760. The van der Waals surface area contributed by atoms with Gasteiger partial charge in [-0.25, -0.2) is 12.8 Å². The minimum atomic E-state index is -3.50. The lowest BCUT2D eigenvalue weighted by Crippen LogP contribution is -2.31. The molecule has 2 aromatic rings. The molecule has 1 amide bonds. The van der Waals surface area contributed by atoms with Gasteiger partial charge in [0.2, 0.25) is 9.84 Å². The van der Waals surface area contributed by atoms with Crippen molar-refractivity contribution in [2.75, 3.05) is 24.3 Å². The first-order valence-electron chi connectivity index (χ1n) is 6.55.